The highest BCUT2D eigenvalue weighted by molar-refractivity contribution is 5.56. The predicted molar refractivity (Wildman–Crippen MR) is 143 cm³/mol. The Kier molecular flexibility index (Phi) is 14.1. The number of benzene rings is 2. The Morgan fingerprint density at radius 2 is 1.44 bits per heavy atom. The Hall–Kier alpha value is -2.29. The molecular weight excluding hydrogens is 420 g/mol. The van der Waals surface area contributed by atoms with Crippen molar-refractivity contribution >= 4 is 6.16 Å². The van der Waals surface area contributed by atoms with Crippen molar-refractivity contribution in [3.05, 3.63) is 70.8 Å². The SMILES string of the molecule is CCCCCc1cccc(C(CCCCCCCOC(=O)O)c2ccccc2)c1CCCCC. The van der Waals surface area contributed by atoms with E-state index in [0.717, 1.165) is 25.7 Å². The summed E-state index contributed by atoms with van der Waals surface area (Å²) in [5.74, 6) is 0.444. The van der Waals surface area contributed by atoms with Gasteiger partial charge in [-0.2, -0.15) is 0 Å². The van der Waals surface area contributed by atoms with Gasteiger partial charge in [0.1, 0.15) is 0 Å². The Balaban J connectivity index is 2.12. The van der Waals surface area contributed by atoms with Crippen molar-refractivity contribution in [2.75, 3.05) is 6.61 Å². The molecular formula is C31H46O3. The quantitative estimate of drug-likeness (QED) is 0.176. The van der Waals surface area contributed by atoms with E-state index in [-0.39, 0.29) is 0 Å². The van der Waals surface area contributed by atoms with Crippen LogP contribution in [0.1, 0.15) is 119 Å². The lowest BCUT2D eigenvalue weighted by atomic mass is 9.81. The molecule has 0 aliphatic heterocycles. The molecule has 0 fully saturated rings. The summed E-state index contributed by atoms with van der Waals surface area (Å²) >= 11 is 0. The van der Waals surface area contributed by atoms with E-state index in [1.807, 2.05) is 0 Å². The molecule has 3 heteroatoms. The van der Waals surface area contributed by atoms with Crippen LogP contribution in [0.5, 0.6) is 0 Å². The smallest absolute Gasteiger partial charge is 0.450 e. The molecule has 1 unspecified atom stereocenters. The van der Waals surface area contributed by atoms with Gasteiger partial charge in [0.25, 0.3) is 0 Å². The van der Waals surface area contributed by atoms with Crippen molar-refractivity contribution in [2.24, 2.45) is 0 Å². The van der Waals surface area contributed by atoms with Gasteiger partial charge in [0.05, 0.1) is 6.61 Å². The third-order valence-electron chi connectivity index (χ3n) is 6.83. The number of rotatable bonds is 18. The van der Waals surface area contributed by atoms with Crippen LogP contribution in [0, 0.1) is 0 Å². The number of carbonyl (C=O) groups is 1. The van der Waals surface area contributed by atoms with Crippen LogP contribution < -0.4 is 0 Å². The van der Waals surface area contributed by atoms with Crippen molar-refractivity contribution in [2.45, 2.75) is 110 Å². The molecule has 34 heavy (non-hydrogen) atoms. The first-order chi connectivity index (χ1) is 16.7. The molecule has 0 bridgehead atoms. The number of hydrogen-bond acceptors (Lipinski definition) is 2. The number of unbranched alkanes of at least 4 members (excludes halogenated alkanes) is 8. The summed E-state index contributed by atoms with van der Waals surface area (Å²) in [6.45, 7) is 4.88. The van der Waals surface area contributed by atoms with Crippen molar-refractivity contribution in [3.63, 3.8) is 0 Å². The van der Waals surface area contributed by atoms with Gasteiger partial charge in [0, 0.05) is 5.92 Å². The largest absolute Gasteiger partial charge is 0.505 e. The van der Waals surface area contributed by atoms with E-state index in [0.29, 0.717) is 12.5 Å². The monoisotopic (exact) mass is 466 g/mol. The summed E-state index contributed by atoms with van der Waals surface area (Å²) in [6, 6.07) is 18.1. The predicted octanol–water partition coefficient (Wildman–Crippen LogP) is 9.32. The topological polar surface area (TPSA) is 46.5 Å². The number of ether oxygens (including phenoxy) is 1. The Morgan fingerprint density at radius 3 is 2.15 bits per heavy atom. The minimum atomic E-state index is -1.17. The van der Waals surface area contributed by atoms with Gasteiger partial charge in [-0.1, -0.05) is 114 Å². The van der Waals surface area contributed by atoms with Crippen LogP contribution in [0.4, 0.5) is 4.79 Å². The molecule has 0 amide bonds. The Labute approximate surface area is 207 Å². The van der Waals surface area contributed by atoms with E-state index in [4.69, 9.17) is 5.11 Å². The third kappa shape index (κ3) is 10.3. The fourth-order valence-electron chi connectivity index (χ4n) is 4.96. The van der Waals surface area contributed by atoms with Crippen molar-refractivity contribution in [3.8, 4) is 0 Å². The molecule has 1 atom stereocenters. The van der Waals surface area contributed by atoms with Gasteiger partial charge in [0.2, 0.25) is 0 Å². The maximum absolute atomic E-state index is 10.5. The molecule has 0 radical (unpaired) electrons. The first kappa shape index (κ1) is 28.0. The summed E-state index contributed by atoms with van der Waals surface area (Å²) in [4.78, 5) is 10.5. The zero-order chi connectivity index (χ0) is 24.4. The van der Waals surface area contributed by atoms with Crippen LogP contribution >= 0.6 is 0 Å². The molecule has 0 saturated heterocycles. The second-order valence-corrected chi connectivity index (χ2v) is 9.53. The summed E-state index contributed by atoms with van der Waals surface area (Å²) in [6.07, 6.45) is 15.4. The average Bonchev–Trinajstić information content (AvgIpc) is 2.84. The summed E-state index contributed by atoms with van der Waals surface area (Å²) in [7, 11) is 0. The van der Waals surface area contributed by atoms with Crippen LogP contribution in [0.3, 0.4) is 0 Å². The van der Waals surface area contributed by atoms with Crippen molar-refractivity contribution in [1.29, 1.82) is 0 Å². The van der Waals surface area contributed by atoms with Gasteiger partial charge in [-0.05, 0) is 60.8 Å². The van der Waals surface area contributed by atoms with Crippen molar-refractivity contribution < 1.29 is 14.6 Å². The minimum Gasteiger partial charge on any atom is -0.450 e. The molecule has 1 N–H and O–H groups in total. The lowest BCUT2D eigenvalue weighted by Gasteiger charge is -2.24. The highest BCUT2D eigenvalue weighted by atomic mass is 16.7. The highest BCUT2D eigenvalue weighted by Crippen LogP contribution is 2.35. The van der Waals surface area contributed by atoms with Crippen LogP contribution in [-0.2, 0) is 17.6 Å². The van der Waals surface area contributed by atoms with Crippen LogP contribution in [0.25, 0.3) is 0 Å². The lowest BCUT2D eigenvalue weighted by Crippen LogP contribution is -2.08. The van der Waals surface area contributed by atoms with Gasteiger partial charge in [-0.15, -0.1) is 0 Å². The van der Waals surface area contributed by atoms with Gasteiger partial charge in [-0.3, -0.25) is 0 Å². The van der Waals surface area contributed by atoms with Crippen LogP contribution in [-0.4, -0.2) is 17.9 Å². The van der Waals surface area contributed by atoms with E-state index in [1.165, 1.54) is 69.8 Å². The van der Waals surface area contributed by atoms with E-state index in [2.05, 4.69) is 67.1 Å². The first-order valence-electron chi connectivity index (χ1n) is 13.7. The fraction of sp³-hybridized carbons (Fsp3) is 0.581. The molecule has 0 heterocycles. The lowest BCUT2D eigenvalue weighted by molar-refractivity contribution is 0.0899. The molecule has 2 aromatic carbocycles. The molecule has 2 aromatic rings. The molecule has 0 saturated carbocycles. The second kappa shape index (κ2) is 17.2. The number of carboxylic acid groups (broad SMARTS) is 1. The highest BCUT2D eigenvalue weighted by Gasteiger charge is 2.19. The Bertz CT molecular complexity index is 800. The van der Waals surface area contributed by atoms with Gasteiger partial charge < -0.3 is 9.84 Å². The van der Waals surface area contributed by atoms with E-state index < -0.39 is 6.16 Å². The summed E-state index contributed by atoms with van der Waals surface area (Å²) in [5.41, 5.74) is 6.17. The maximum Gasteiger partial charge on any atom is 0.505 e. The summed E-state index contributed by atoms with van der Waals surface area (Å²) < 4.78 is 4.62. The zero-order valence-corrected chi connectivity index (χ0v) is 21.6. The number of hydrogen-bond donors (Lipinski definition) is 1. The molecule has 0 aromatic heterocycles. The molecule has 0 aliphatic rings. The molecule has 2 rings (SSSR count). The summed E-state index contributed by atoms with van der Waals surface area (Å²) in [5, 5.41) is 8.58. The van der Waals surface area contributed by atoms with E-state index >= 15 is 0 Å². The van der Waals surface area contributed by atoms with Gasteiger partial charge >= 0.3 is 6.16 Å². The zero-order valence-electron chi connectivity index (χ0n) is 21.6. The number of aryl methyl sites for hydroxylation is 1. The van der Waals surface area contributed by atoms with E-state index in [9.17, 15) is 4.79 Å². The molecule has 3 nitrogen and oxygen atoms in total. The third-order valence-corrected chi connectivity index (χ3v) is 6.83. The van der Waals surface area contributed by atoms with E-state index in [1.54, 1.807) is 16.7 Å². The maximum atomic E-state index is 10.5. The fourth-order valence-corrected chi connectivity index (χ4v) is 4.96. The molecule has 0 spiro atoms. The minimum absolute atomic E-state index is 0.313. The normalized spacial score (nSPS) is 11.9. The average molecular weight is 467 g/mol. The Morgan fingerprint density at radius 1 is 0.765 bits per heavy atom. The second-order valence-electron chi connectivity index (χ2n) is 9.53. The first-order valence-corrected chi connectivity index (χ1v) is 13.7. The molecule has 188 valence electrons. The van der Waals surface area contributed by atoms with Crippen LogP contribution in [0.15, 0.2) is 48.5 Å². The van der Waals surface area contributed by atoms with Gasteiger partial charge in [0.15, 0.2) is 0 Å². The van der Waals surface area contributed by atoms with Gasteiger partial charge in [-0.25, -0.2) is 4.79 Å². The van der Waals surface area contributed by atoms with Crippen LogP contribution in [0.2, 0.25) is 0 Å². The molecule has 0 aliphatic carbocycles. The standard InChI is InChI=1S/C31H46O3/c1-3-5-11-18-27-21-17-24-30(28(27)22-12-6-4-2)29(26-19-13-10-14-20-26)23-15-8-7-9-16-25-34-31(32)33/h10,13-14,17,19-21,24,29H,3-9,11-12,15-16,18,22-23,25H2,1-2H3,(H,32,33). The van der Waals surface area contributed by atoms with Crippen molar-refractivity contribution in [1.82, 2.24) is 0 Å².